The van der Waals surface area contributed by atoms with Crippen molar-refractivity contribution in [3.8, 4) is 0 Å². The molecule has 1 heterocycles. The molecule has 0 N–H and O–H groups in total. The summed E-state index contributed by atoms with van der Waals surface area (Å²) in [6, 6.07) is 0. The minimum atomic E-state index is -4.80. The quantitative estimate of drug-likeness (QED) is 0.566. The van der Waals surface area contributed by atoms with Gasteiger partial charge in [0, 0.05) is 4.88 Å². The van der Waals surface area contributed by atoms with Crippen molar-refractivity contribution in [1.82, 2.24) is 0 Å². The zero-order chi connectivity index (χ0) is 9.52. The third-order valence-corrected chi connectivity index (χ3v) is 2.31. The molecule has 1 aromatic rings. The molecule has 0 saturated heterocycles. The average Bonchev–Trinajstić information content (AvgIpc) is 2.15. The number of hydrogen-bond donors (Lipinski definition) is 0. The van der Waals surface area contributed by atoms with Gasteiger partial charge >= 0.3 is 6.18 Å². The molecule has 0 atom stereocenters. The van der Waals surface area contributed by atoms with Crippen LogP contribution in [0.25, 0.3) is 0 Å². The molecule has 1 aromatic heterocycles. The highest BCUT2D eigenvalue weighted by Crippen LogP contribution is 2.38. The lowest BCUT2D eigenvalue weighted by atomic mass is 10.4. The van der Waals surface area contributed by atoms with E-state index in [1.165, 1.54) is 0 Å². The summed E-state index contributed by atoms with van der Waals surface area (Å²) in [6.07, 6.45) is -4.80. The first-order valence-corrected chi connectivity index (χ1v) is 3.67. The maximum absolute atomic E-state index is 12.4. The molecule has 0 aliphatic rings. The molecule has 0 unspecified atom stereocenters. The van der Waals surface area contributed by atoms with Gasteiger partial charge in [0.05, 0.1) is 0 Å². The number of halogens is 5. The molecule has 0 aliphatic heterocycles. The molecular weight excluding hydrogens is 199 g/mol. The number of hydrogen-bond acceptors (Lipinski definition) is 1. The zero-order valence-corrected chi connectivity index (χ0v) is 6.61. The van der Waals surface area contributed by atoms with Gasteiger partial charge in [0.15, 0.2) is 11.6 Å². The van der Waals surface area contributed by atoms with E-state index in [4.69, 9.17) is 0 Å². The van der Waals surface area contributed by atoms with Crippen LogP contribution in [-0.2, 0) is 6.18 Å². The average molecular weight is 202 g/mol. The molecule has 0 radical (unpaired) electrons. The molecule has 0 bridgehead atoms. The van der Waals surface area contributed by atoms with Crippen molar-refractivity contribution in [2.24, 2.45) is 0 Å². The second kappa shape index (κ2) is 2.69. The summed E-state index contributed by atoms with van der Waals surface area (Å²) in [4.78, 5) is -1.79. The van der Waals surface area contributed by atoms with E-state index in [1.54, 1.807) is 0 Å². The fourth-order valence-electron chi connectivity index (χ4n) is 0.679. The van der Waals surface area contributed by atoms with Crippen molar-refractivity contribution in [2.45, 2.75) is 13.1 Å². The van der Waals surface area contributed by atoms with Crippen molar-refractivity contribution in [1.29, 1.82) is 0 Å². The Labute approximate surface area is 68.6 Å². The second-order valence-electron chi connectivity index (χ2n) is 2.11. The summed E-state index contributed by atoms with van der Waals surface area (Å²) >= 11 is 0.0729. The lowest BCUT2D eigenvalue weighted by molar-refractivity contribution is -0.136. The molecule has 1 rings (SSSR count). The molecular formula is C6H3F5S. The Hall–Kier alpha value is -0.650. The van der Waals surface area contributed by atoms with Gasteiger partial charge in [0.25, 0.3) is 0 Å². The third-order valence-electron chi connectivity index (χ3n) is 1.21. The van der Waals surface area contributed by atoms with Crippen molar-refractivity contribution in [3.05, 3.63) is 21.4 Å². The fraction of sp³-hybridized carbons (Fsp3) is 0.333. The Kier molecular flexibility index (Phi) is 2.11. The van der Waals surface area contributed by atoms with Gasteiger partial charge < -0.3 is 0 Å². The molecule has 0 fully saturated rings. The van der Waals surface area contributed by atoms with Crippen LogP contribution in [0.2, 0.25) is 0 Å². The normalized spacial score (nSPS) is 12.2. The van der Waals surface area contributed by atoms with E-state index in [0.717, 1.165) is 6.92 Å². The van der Waals surface area contributed by atoms with Crippen LogP contribution in [0.5, 0.6) is 0 Å². The lowest BCUT2D eigenvalue weighted by Gasteiger charge is -2.00. The maximum atomic E-state index is 12.4. The maximum Gasteiger partial charge on any atom is 0.428 e. The van der Waals surface area contributed by atoms with Crippen molar-refractivity contribution in [3.63, 3.8) is 0 Å². The lowest BCUT2D eigenvalue weighted by Crippen LogP contribution is -2.04. The number of alkyl halides is 3. The molecule has 0 spiro atoms. The minimum absolute atomic E-state index is 0.0729. The van der Waals surface area contributed by atoms with Crippen molar-refractivity contribution in [2.75, 3.05) is 0 Å². The molecule has 0 aromatic carbocycles. The van der Waals surface area contributed by atoms with Crippen LogP contribution in [0, 0.1) is 18.6 Å². The fourth-order valence-corrected chi connectivity index (χ4v) is 1.46. The van der Waals surface area contributed by atoms with E-state index in [1.807, 2.05) is 0 Å². The van der Waals surface area contributed by atoms with E-state index in [9.17, 15) is 22.0 Å². The van der Waals surface area contributed by atoms with Gasteiger partial charge in [-0.05, 0) is 6.92 Å². The SMILES string of the molecule is Cc1sc(C(F)(F)F)c(F)c1F. The predicted molar refractivity (Wildman–Crippen MR) is 34.0 cm³/mol. The third kappa shape index (κ3) is 1.43. The summed E-state index contributed by atoms with van der Waals surface area (Å²) in [6.45, 7) is 1.10. The van der Waals surface area contributed by atoms with Crippen LogP contribution in [0.3, 0.4) is 0 Å². The first-order chi connectivity index (χ1) is 5.34. The molecule has 0 aliphatic carbocycles. The van der Waals surface area contributed by atoms with E-state index in [2.05, 4.69) is 0 Å². The highest BCUT2D eigenvalue weighted by molar-refractivity contribution is 7.12. The van der Waals surface area contributed by atoms with E-state index < -0.39 is 22.7 Å². The highest BCUT2D eigenvalue weighted by atomic mass is 32.1. The standard InChI is InChI=1S/C6H3F5S/c1-2-3(7)4(8)5(12-2)6(9,10)11/h1H3. The van der Waals surface area contributed by atoms with Gasteiger partial charge in [-0.1, -0.05) is 0 Å². The summed E-state index contributed by atoms with van der Waals surface area (Å²) in [5.41, 5.74) is 0. The number of thiophene rings is 1. The highest BCUT2D eigenvalue weighted by Gasteiger charge is 2.38. The summed E-state index contributed by atoms with van der Waals surface area (Å²) < 4.78 is 60.4. The van der Waals surface area contributed by atoms with Gasteiger partial charge in [0.1, 0.15) is 4.88 Å². The Bertz CT molecular complexity index is 298. The van der Waals surface area contributed by atoms with Crippen LogP contribution in [0.4, 0.5) is 22.0 Å². The van der Waals surface area contributed by atoms with Crippen LogP contribution >= 0.6 is 11.3 Å². The summed E-state index contributed by atoms with van der Waals surface area (Å²) in [5, 5.41) is 0. The van der Waals surface area contributed by atoms with Gasteiger partial charge in [-0.25, -0.2) is 8.78 Å². The second-order valence-corrected chi connectivity index (χ2v) is 3.34. The molecule has 0 amide bonds. The summed E-state index contributed by atoms with van der Waals surface area (Å²) in [7, 11) is 0. The smallest absolute Gasteiger partial charge is 0.203 e. The first-order valence-electron chi connectivity index (χ1n) is 2.85. The Morgan fingerprint density at radius 3 is 1.75 bits per heavy atom. The topological polar surface area (TPSA) is 0 Å². The summed E-state index contributed by atoms with van der Waals surface area (Å²) in [5.74, 6) is -3.21. The monoisotopic (exact) mass is 202 g/mol. The largest absolute Gasteiger partial charge is 0.428 e. The van der Waals surface area contributed by atoms with Crippen LogP contribution in [-0.4, -0.2) is 0 Å². The van der Waals surface area contributed by atoms with Gasteiger partial charge in [-0.15, -0.1) is 11.3 Å². The molecule has 12 heavy (non-hydrogen) atoms. The van der Waals surface area contributed by atoms with E-state index >= 15 is 0 Å². The minimum Gasteiger partial charge on any atom is -0.203 e. The molecule has 68 valence electrons. The van der Waals surface area contributed by atoms with E-state index in [-0.39, 0.29) is 16.2 Å². The van der Waals surface area contributed by atoms with Crippen LogP contribution in [0.15, 0.2) is 0 Å². The van der Waals surface area contributed by atoms with Crippen molar-refractivity contribution < 1.29 is 22.0 Å². The molecule has 0 saturated carbocycles. The predicted octanol–water partition coefficient (Wildman–Crippen LogP) is 3.35. The van der Waals surface area contributed by atoms with Crippen LogP contribution in [0.1, 0.15) is 9.75 Å². The first kappa shape index (κ1) is 9.44. The Morgan fingerprint density at radius 2 is 1.58 bits per heavy atom. The molecule has 6 heteroatoms. The Balaban J connectivity index is 3.28. The zero-order valence-electron chi connectivity index (χ0n) is 5.80. The van der Waals surface area contributed by atoms with Gasteiger partial charge in [-0.2, -0.15) is 13.2 Å². The van der Waals surface area contributed by atoms with Gasteiger partial charge in [0.2, 0.25) is 0 Å². The molecule has 0 nitrogen and oxygen atoms in total. The number of aryl methyl sites for hydroxylation is 1. The van der Waals surface area contributed by atoms with Crippen LogP contribution < -0.4 is 0 Å². The Morgan fingerprint density at radius 1 is 1.08 bits per heavy atom. The van der Waals surface area contributed by atoms with Crippen molar-refractivity contribution >= 4 is 11.3 Å². The van der Waals surface area contributed by atoms with Gasteiger partial charge in [-0.3, -0.25) is 0 Å². The van der Waals surface area contributed by atoms with E-state index in [0.29, 0.717) is 0 Å². The number of rotatable bonds is 0.